The van der Waals surface area contributed by atoms with E-state index < -0.39 is 291 Å². The number of carboxylic acid groups (broad SMARTS) is 4. The van der Waals surface area contributed by atoms with Crippen LogP contribution >= 0.6 is 0 Å². The van der Waals surface area contributed by atoms with Crippen molar-refractivity contribution in [1.29, 1.82) is 0 Å². The number of aliphatic carboxylic acids is 4. The second-order valence-corrected chi connectivity index (χ2v) is 29.5. The van der Waals surface area contributed by atoms with Gasteiger partial charge >= 0.3 is 72.9 Å². The van der Waals surface area contributed by atoms with Crippen molar-refractivity contribution in [2.75, 3.05) is 52.6 Å². The van der Waals surface area contributed by atoms with E-state index in [2.05, 4.69) is 62.5 Å². The number of hydrogen-bond acceptors (Lipinski definition) is 36. The first-order chi connectivity index (χ1) is 62.5. The molecule has 2 aromatic carbocycles. The topological polar surface area (TPSA) is 856 Å². The second kappa shape index (κ2) is 50.8. The second-order valence-electron chi connectivity index (χ2n) is 29.5. The van der Waals surface area contributed by atoms with Gasteiger partial charge in [-0.3, -0.25) is 19.2 Å². The Balaban J connectivity index is 0.000000467. The number of aliphatic imine (C=N–C) groups is 4. The van der Waals surface area contributed by atoms with Crippen molar-refractivity contribution in [2.45, 2.75) is 205 Å². The molecule has 4 fully saturated rings. The average Bonchev–Trinajstić information content (AvgIpc) is 1.37. The number of amides is 8. The summed E-state index contributed by atoms with van der Waals surface area (Å²) in [5.74, 6) is -13.0. The molecule has 8 aliphatic heterocycles. The van der Waals surface area contributed by atoms with Crippen LogP contribution in [0.1, 0.15) is 79.7 Å². The summed E-state index contributed by atoms with van der Waals surface area (Å²) in [5, 5.41) is 59.6. The lowest BCUT2D eigenvalue weighted by Crippen LogP contribution is -2.61. The van der Waals surface area contributed by atoms with Crippen LogP contribution in [0.4, 0.5) is 38.4 Å². The molecular weight excluding hydrogens is 1820 g/mol. The Morgan fingerprint density at radius 1 is 0.338 bits per heavy atom. The zero-order valence-corrected chi connectivity index (χ0v) is 70.2. The SMILES string of the molecule is C.C.C.C.CC(=O)N[C@H]1[C@H]([C@H](OC(=O)NCCc2cccc(CCNC(=O)O[C@@H]([C@@H]3OC(C(=O)O)=C[C@H](N=C(N)N)[C@H]3NC(C)=O)[C@H]3COC(=O)O3)c2)[C@H]2COC(=O)O2)OC(C(=O)O)=C[C@@H]1N=C(N)N.CC(=O)N[C@H]1[C@H]([C@H](OC(=O)NCCc2cccc(CCNC(=O)O[C@@H]([C@@H]3OC(C(=O)O)=C[C@H](N=C(N)N)[C@H]3NC(C)=O)[C@H]3COC(=O)O3)c2)[C@H]2COC(=O)O2)OC(C(=O)O)=C[C@@H]1N=C(N)N. The zero-order valence-electron chi connectivity index (χ0n) is 70.2. The number of carbonyl (C=O) groups excluding carboxylic acids is 12. The normalized spacial score (nSPS) is 24.3. The molecule has 4 saturated heterocycles. The maximum Gasteiger partial charge on any atom is 0.508 e. The fraction of sp³-hybridized carbons (Fsp3) is 0.500. The minimum Gasteiger partial charge on any atom is -0.477 e. The maximum atomic E-state index is 13.2. The van der Waals surface area contributed by atoms with Crippen molar-refractivity contribution >= 4 is 120 Å². The number of nitrogens with one attached hydrogen (secondary N) is 8. The number of alkyl carbamates (subject to hydrolysis) is 4. The molecule has 56 nitrogen and oxygen atoms in total. The summed E-state index contributed by atoms with van der Waals surface area (Å²) >= 11 is 0. The van der Waals surface area contributed by atoms with Gasteiger partial charge in [0.15, 0.2) is 97.1 Å². The predicted molar refractivity (Wildman–Crippen MR) is 464 cm³/mol. The van der Waals surface area contributed by atoms with Crippen molar-refractivity contribution in [2.24, 2.45) is 65.8 Å². The van der Waals surface area contributed by atoms with Gasteiger partial charge in [-0.05, 0) is 72.2 Å². The molecule has 8 amide bonds. The molecule has 56 heteroatoms. The number of cyclic esters (lactones) is 8. The van der Waals surface area contributed by atoms with Crippen LogP contribution < -0.4 is 88.4 Å². The maximum absolute atomic E-state index is 13.2. The number of ether oxygens (including phenoxy) is 16. The summed E-state index contributed by atoms with van der Waals surface area (Å²) < 4.78 is 85.5. The van der Waals surface area contributed by atoms with Crippen molar-refractivity contribution in [3.63, 3.8) is 0 Å². The molecule has 0 saturated carbocycles. The first-order valence-electron chi connectivity index (χ1n) is 39.7. The number of benzene rings is 2. The Labute approximate surface area is 774 Å². The third-order valence-corrected chi connectivity index (χ3v) is 19.6. The van der Waals surface area contributed by atoms with Gasteiger partial charge in [-0.1, -0.05) is 78.2 Å². The quantitative estimate of drug-likeness (QED) is 0.0137. The lowest BCUT2D eigenvalue weighted by Gasteiger charge is -2.39. The number of nitrogens with zero attached hydrogens (tertiary/aromatic N) is 4. The molecule has 0 bridgehead atoms. The molecule has 0 radical (unpaired) electrons. The van der Waals surface area contributed by atoms with E-state index in [1.165, 1.54) is 0 Å². The molecule has 8 heterocycles. The minimum atomic E-state index is -1.57. The van der Waals surface area contributed by atoms with Crippen LogP contribution in [0.15, 0.2) is 116 Å². The molecule has 10 rings (SSSR count). The molecule has 0 aromatic heterocycles. The Kier molecular flexibility index (Phi) is 41.2. The van der Waals surface area contributed by atoms with E-state index >= 15 is 0 Å². The summed E-state index contributed by atoms with van der Waals surface area (Å²) in [4.78, 5) is 214. The number of carbonyl (C=O) groups is 16. The third kappa shape index (κ3) is 32.0. The molecule has 2 aromatic rings. The van der Waals surface area contributed by atoms with Gasteiger partial charge in [0.2, 0.25) is 46.7 Å². The van der Waals surface area contributed by atoms with Crippen molar-refractivity contribution in [1.82, 2.24) is 42.5 Å². The van der Waals surface area contributed by atoms with Gasteiger partial charge in [0.1, 0.15) is 26.4 Å². The highest BCUT2D eigenvalue weighted by Crippen LogP contribution is 2.35. The fourth-order valence-corrected chi connectivity index (χ4v) is 14.4. The number of nitrogens with two attached hydrogens (primary N) is 8. The molecule has 0 spiro atoms. The van der Waals surface area contributed by atoms with Gasteiger partial charge in [0.05, 0.1) is 48.3 Å². The van der Waals surface area contributed by atoms with Gasteiger partial charge in [-0.15, -0.1) is 0 Å². The van der Waals surface area contributed by atoms with E-state index in [9.17, 15) is 97.1 Å². The van der Waals surface area contributed by atoms with Crippen LogP contribution in [0.5, 0.6) is 0 Å². The lowest BCUT2D eigenvalue weighted by atomic mass is 9.92. The summed E-state index contributed by atoms with van der Waals surface area (Å²) in [5.41, 5.74) is 47.4. The molecular formula is C80H112N20O36. The van der Waals surface area contributed by atoms with E-state index in [0.717, 1.165) is 74.3 Å². The highest BCUT2D eigenvalue weighted by Gasteiger charge is 2.55. The van der Waals surface area contributed by atoms with Crippen LogP contribution in [-0.2, 0) is 140 Å². The largest absolute Gasteiger partial charge is 0.508 e. The monoisotopic (exact) mass is 1930 g/mol. The summed E-state index contributed by atoms with van der Waals surface area (Å²) in [6.45, 7) is 2.91. The van der Waals surface area contributed by atoms with Gasteiger partial charge < -0.3 is 185 Å². The minimum absolute atomic E-state index is 0. The highest BCUT2D eigenvalue weighted by molar-refractivity contribution is 5.88. The molecule has 8 aliphatic rings. The van der Waals surface area contributed by atoms with Gasteiger partial charge in [-0.25, -0.2) is 77.5 Å². The molecule has 28 N–H and O–H groups in total. The lowest BCUT2D eigenvalue weighted by molar-refractivity contribution is -0.145. The molecule has 0 aliphatic carbocycles. The van der Waals surface area contributed by atoms with Crippen LogP contribution in [-0.4, -0.2) is 315 Å². The summed E-state index contributed by atoms with van der Waals surface area (Å²) in [6, 6.07) is 4.28. The summed E-state index contributed by atoms with van der Waals surface area (Å²) in [7, 11) is 0. The molecule has 0 unspecified atom stereocenters. The Morgan fingerprint density at radius 2 is 0.529 bits per heavy atom. The number of rotatable bonds is 36. The molecule has 748 valence electrons. The third-order valence-electron chi connectivity index (χ3n) is 19.6. The van der Waals surface area contributed by atoms with Crippen molar-refractivity contribution < 1.29 is 173 Å². The van der Waals surface area contributed by atoms with Crippen LogP contribution in [0.3, 0.4) is 0 Å². The fourth-order valence-electron chi connectivity index (χ4n) is 14.4. The van der Waals surface area contributed by atoms with Gasteiger partial charge in [0, 0.05) is 53.9 Å². The zero-order chi connectivity index (χ0) is 96.5. The summed E-state index contributed by atoms with van der Waals surface area (Å²) in [6.07, 6.45) is -21.0. The molecule has 20 atom stereocenters. The van der Waals surface area contributed by atoms with Gasteiger partial charge in [-0.2, -0.15) is 0 Å². The van der Waals surface area contributed by atoms with Crippen LogP contribution in [0.2, 0.25) is 0 Å². The van der Waals surface area contributed by atoms with Gasteiger partial charge in [0.25, 0.3) is 0 Å². The average molecular weight is 1930 g/mol. The first-order valence-corrected chi connectivity index (χ1v) is 39.7. The smallest absolute Gasteiger partial charge is 0.477 e. The molecule has 136 heavy (non-hydrogen) atoms. The first kappa shape index (κ1) is 110. The van der Waals surface area contributed by atoms with Crippen LogP contribution in [0.25, 0.3) is 0 Å². The number of guanidine groups is 4. The Bertz CT molecular complexity index is 4360. The highest BCUT2D eigenvalue weighted by atomic mass is 16.8. The predicted octanol–water partition coefficient (Wildman–Crippen LogP) is -3.34. The standard InChI is InChI=1S/2C38H48N10O18.4CH4/c2*1-15(49)45-25-19(47-33(39)40)11-21(31(51)52)61-29(25)27(23-13-59-37(57)63-23)65-35(55)43-8-6-17-4-3-5-18(10-17)7-9-44-36(56)66-28(24-14-60-38(58)64-24)30-26(46-16(2)50)20(48-34(41)42)12-22(62-30)32(53)54;;;;/h2*3-5,10-12,19-20,23-30H,6-9,13-14H2,1-2H3,(H,43,55)(H,44,56)(H,45,49)(H,46,50)(H,51,52)(H,53,54)(H4,39,40,47)(H4,41,42,48);4*1H4/t2*19-,20-,23+,24+,25+,26+,27+,28+,29+,30+;;;;/m00..../s1. The van der Waals surface area contributed by atoms with E-state index in [0.29, 0.717) is 0 Å². The van der Waals surface area contributed by atoms with E-state index in [1.54, 1.807) is 48.5 Å². The van der Waals surface area contributed by atoms with Crippen molar-refractivity contribution in [3.8, 4) is 0 Å². The number of hydrogen-bond donors (Lipinski definition) is 20. The Hall–Kier alpha value is -16.4. The van der Waals surface area contributed by atoms with E-state index in [1.807, 2.05) is 0 Å². The Morgan fingerprint density at radius 3 is 0.684 bits per heavy atom. The van der Waals surface area contributed by atoms with E-state index in [-0.39, 0.29) is 81.6 Å². The van der Waals surface area contributed by atoms with Crippen LogP contribution in [0, 0.1) is 0 Å². The van der Waals surface area contributed by atoms with E-state index in [4.69, 9.17) is 122 Å². The number of carboxylic acids is 4. The van der Waals surface area contributed by atoms with Crippen molar-refractivity contribution in [3.05, 3.63) is 118 Å².